The summed E-state index contributed by atoms with van der Waals surface area (Å²) in [5.74, 6) is -0.512. The third kappa shape index (κ3) is 4.77. The first-order valence-corrected chi connectivity index (χ1v) is 8.69. The molecule has 0 fully saturated rings. The second kappa shape index (κ2) is 8.23. The third-order valence-corrected chi connectivity index (χ3v) is 4.16. The van der Waals surface area contributed by atoms with Gasteiger partial charge in [0, 0.05) is 19.0 Å². The fraction of sp³-hybridized carbons (Fsp3) is 0.438. The molecule has 0 saturated heterocycles. The lowest BCUT2D eigenvalue weighted by molar-refractivity contribution is -0.113. The second-order valence-electron chi connectivity index (χ2n) is 5.72. The molecule has 0 aliphatic carbocycles. The number of benzene rings is 1. The maximum absolute atomic E-state index is 13.5. The Labute approximate surface area is 143 Å². The molecule has 0 aliphatic rings. The number of rotatable bonds is 7. The number of aromatic nitrogens is 3. The average molecular weight is 354 g/mol. The van der Waals surface area contributed by atoms with E-state index in [4.69, 9.17) is 0 Å². The van der Waals surface area contributed by atoms with E-state index in [0.717, 1.165) is 30.9 Å². The molecular weight excluding hydrogens is 334 g/mol. The van der Waals surface area contributed by atoms with Crippen molar-refractivity contribution in [3.8, 4) is 0 Å². The van der Waals surface area contributed by atoms with Crippen LogP contribution in [0.4, 0.5) is 14.5 Å². The molecular formula is C16H20F2N4OS. The lowest BCUT2D eigenvalue weighted by Gasteiger charge is -2.11. The minimum absolute atomic E-state index is 0.0418. The van der Waals surface area contributed by atoms with Gasteiger partial charge >= 0.3 is 0 Å². The highest BCUT2D eigenvalue weighted by Crippen LogP contribution is 2.20. The Morgan fingerprint density at radius 1 is 1.33 bits per heavy atom. The van der Waals surface area contributed by atoms with E-state index in [1.807, 2.05) is 11.5 Å². The zero-order valence-electron chi connectivity index (χ0n) is 13.8. The first-order valence-electron chi connectivity index (χ1n) is 7.70. The van der Waals surface area contributed by atoms with Gasteiger partial charge < -0.3 is 9.88 Å². The molecule has 1 heterocycles. The Kier molecular flexibility index (Phi) is 6.30. The summed E-state index contributed by atoms with van der Waals surface area (Å²) in [4.78, 5) is 12.0. The monoisotopic (exact) mass is 354 g/mol. The van der Waals surface area contributed by atoms with Crippen molar-refractivity contribution in [3.63, 3.8) is 0 Å². The summed E-state index contributed by atoms with van der Waals surface area (Å²) in [6.45, 7) is 6.96. The summed E-state index contributed by atoms with van der Waals surface area (Å²) >= 11 is 1.24. The van der Waals surface area contributed by atoms with E-state index in [-0.39, 0.29) is 17.3 Å². The zero-order valence-corrected chi connectivity index (χ0v) is 14.7. The van der Waals surface area contributed by atoms with Gasteiger partial charge in [-0.25, -0.2) is 8.78 Å². The Bertz CT molecular complexity index is 718. The fourth-order valence-corrected chi connectivity index (χ4v) is 2.91. The van der Waals surface area contributed by atoms with Crippen LogP contribution < -0.4 is 5.32 Å². The summed E-state index contributed by atoms with van der Waals surface area (Å²) in [6.07, 6.45) is 0.757. The lowest BCUT2D eigenvalue weighted by atomic mass is 10.2. The molecule has 130 valence electrons. The van der Waals surface area contributed by atoms with Crippen molar-refractivity contribution >= 4 is 23.4 Å². The van der Waals surface area contributed by atoms with Gasteiger partial charge in [-0.3, -0.25) is 4.79 Å². The van der Waals surface area contributed by atoms with Crippen LogP contribution in [0.15, 0.2) is 23.4 Å². The predicted octanol–water partition coefficient (Wildman–Crippen LogP) is 3.51. The van der Waals surface area contributed by atoms with Crippen LogP contribution in [0.1, 0.15) is 26.6 Å². The molecule has 0 spiro atoms. The minimum Gasteiger partial charge on any atom is -0.323 e. The largest absolute Gasteiger partial charge is 0.323 e. The van der Waals surface area contributed by atoms with Crippen molar-refractivity contribution in [2.75, 3.05) is 11.1 Å². The molecule has 0 atom stereocenters. The van der Waals surface area contributed by atoms with Gasteiger partial charge in [0.05, 0.1) is 11.4 Å². The Hall–Kier alpha value is -1.96. The summed E-state index contributed by atoms with van der Waals surface area (Å²) in [5.41, 5.74) is -0.0418. The third-order valence-electron chi connectivity index (χ3n) is 3.19. The summed E-state index contributed by atoms with van der Waals surface area (Å²) < 4.78 is 28.4. The normalized spacial score (nSPS) is 11.1. The van der Waals surface area contributed by atoms with E-state index >= 15 is 0 Å². The topological polar surface area (TPSA) is 59.8 Å². The molecule has 2 rings (SSSR count). The van der Waals surface area contributed by atoms with Gasteiger partial charge in [0.25, 0.3) is 0 Å². The number of amides is 1. The first-order chi connectivity index (χ1) is 11.4. The molecule has 2 aromatic rings. The van der Waals surface area contributed by atoms with Gasteiger partial charge in [-0.2, -0.15) is 0 Å². The number of carbonyl (C=O) groups is 1. The van der Waals surface area contributed by atoms with Crippen molar-refractivity contribution in [1.82, 2.24) is 14.8 Å². The number of carbonyl (C=O) groups excluding carboxylic acids is 1. The standard InChI is InChI=1S/C16H20F2N4OS/c1-4-14-20-21-16(22(14)8-10(2)3)24-9-15(23)19-13-6-5-11(17)7-12(13)18/h5-7,10H,4,8-9H2,1-3H3,(H,19,23). The second-order valence-corrected chi connectivity index (χ2v) is 6.66. The SMILES string of the molecule is CCc1nnc(SCC(=O)Nc2ccc(F)cc2F)n1CC(C)C. The number of hydrogen-bond acceptors (Lipinski definition) is 4. The van der Waals surface area contributed by atoms with Crippen LogP contribution in [-0.4, -0.2) is 26.4 Å². The van der Waals surface area contributed by atoms with Gasteiger partial charge in [-0.15, -0.1) is 10.2 Å². The highest BCUT2D eigenvalue weighted by Gasteiger charge is 2.15. The van der Waals surface area contributed by atoms with Crippen LogP contribution in [-0.2, 0) is 17.8 Å². The summed E-state index contributed by atoms with van der Waals surface area (Å²) in [7, 11) is 0. The van der Waals surface area contributed by atoms with Crippen molar-refractivity contribution < 1.29 is 13.6 Å². The Balaban J connectivity index is 2.00. The van der Waals surface area contributed by atoms with E-state index in [2.05, 4.69) is 29.4 Å². The van der Waals surface area contributed by atoms with E-state index in [1.165, 1.54) is 17.8 Å². The van der Waals surface area contributed by atoms with Crippen LogP contribution in [0.25, 0.3) is 0 Å². The van der Waals surface area contributed by atoms with Crippen molar-refractivity contribution in [1.29, 1.82) is 0 Å². The van der Waals surface area contributed by atoms with Crippen LogP contribution >= 0.6 is 11.8 Å². The molecule has 1 amide bonds. The summed E-state index contributed by atoms with van der Waals surface area (Å²) in [6, 6.07) is 3.03. The zero-order chi connectivity index (χ0) is 17.7. The number of nitrogens with one attached hydrogen (secondary N) is 1. The van der Waals surface area contributed by atoms with Crippen LogP contribution in [0.5, 0.6) is 0 Å². The van der Waals surface area contributed by atoms with E-state index < -0.39 is 11.6 Å². The molecule has 1 aromatic carbocycles. The molecule has 0 bridgehead atoms. The maximum atomic E-state index is 13.5. The molecule has 0 aliphatic heterocycles. The maximum Gasteiger partial charge on any atom is 0.234 e. The number of nitrogens with zero attached hydrogens (tertiary/aromatic N) is 3. The summed E-state index contributed by atoms with van der Waals surface area (Å²) in [5, 5.41) is 11.3. The molecule has 1 N–H and O–H groups in total. The predicted molar refractivity (Wildman–Crippen MR) is 89.9 cm³/mol. The Morgan fingerprint density at radius 3 is 2.71 bits per heavy atom. The van der Waals surface area contributed by atoms with Crippen molar-refractivity contribution in [2.24, 2.45) is 5.92 Å². The highest BCUT2D eigenvalue weighted by molar-refractivity contribution is 7.99. The number of anilines is 1. The van der Waals surface area contributed by atoms with Gasteiger partial charge in [-0.1, -0.05) is 32.5 Å². The number of hydrogen-bond donors (Lipinski definition) is 1. The average Bonchev–Trinajstić information content (AvgIpc) is 2.89. The van der Waals surface area contributed by atoms with Crippen LogP contribution in [0.2, 0.25) is 0 Å². The molecule has 0 saturated carbocycles. The highest BCUT2D eigenvalue weighted by atomic mass is 32.2. The van der Waals surface area contributed by atoms with Crippen molar-refractivity contribution in [2.45, 2.75) is 38.9 Å². The number of halogens is 2. The van der Waals surface area contributed by atoms with Crippen molar-refractivity contribution in [3.05, 3.63) is 35.7 Å². The first kappa shape index (κ1) is 18.4. The van der Waals surface area contributed by atoms with E-state index in [1.54, 1.807) is 0 Å². The van der Waals surface area contributed by atoms with Crippen LogP contribution in [0.3, 0.4) is 0 Å². The number of thioether (sulfide) groups is 1. The van der Waals surface area contributed by atoms with Gasteiger partial charge in [0.15, 0.2) is 5.16 Å². The van der Waals surface area contributed by atoms with Gasteiger partial charge in [0.1, 0.15) is 17.5 Å². The Morgan fingerprint density at radius 2 is 2.08 bits per heavy atom. The molecule has 24 heavy (non-hydrogen) atoms. The van der Waals surface area contributed by atoms with Crippen LogP contribution in [0, 0.1) is 17.6 Å². The quantitative estimate of drug-likeness (QED) is 0.773. The number of aryl methyl sites for hydroxylation is 1. The van der Waals surface area contributed by atoms with E-state index in [0.29, 0.717) is 11.1 Å². The lowest BCUT2D eigenvalue weighted by Crippen LogP contribution is -2.16. The molecule has 5 nitrogen and oxygen atoms in total. The van der Waals surface area contributed by atoms with Gasteiger partial charge in [-0.05, 0) is 18.1 Å². The minimum atomic E-state index is -0.801. The van der Waals surface area contributed by atoms with Gasteiger partial charge in [0.2, 0.25) is 5.91 Å². The fourth-order valence-electron chi connectivity index (χ4n) is 2.14. The molecule has 1 aromatic heterocycles. The molecule has 8 heteroatoms. The molecule has 0 radical (unpaired) electrons. The smallest absolute Gasteiger partial charge is 0.234 e. The van der Waals surface area contributed by atoms with E-state index in [9.17, 15) is 13.6 Å². The molecule has 0 unspecified atom stereocenters.